The Balaban J connectivity index is 2.66. The Morgan fingerprint density at radius 2 is 2.09 bits per heavy atom. The summed E-state index contributed by atoms with van der Waals surface area (Å²) in [5, 5.41) is 6.71. The lowest BCUT2D eigenvalue weighted by Crippen LogP contribution is -2.49. The minimum Gasteiger partial charge on any atom is -0.444 e. The molecule has 5 nitrogen and oxygen atoms in total. The number of carbonyl (C=O) groups is 1. The molecule has 0 aliphatic carbocycles. The fraction of sp³-hybridized carbons (Fsp3) is 0.533. The molecule has 0 aromatic heterocycles. The Bertz CT molecular complexity index is 520. The third-order valence-corrected chi connectivity index (χ3v) is 4.09. The van der Waals surface area contributed by atoms with E-state index < -0.39 is 11.7 Å². The molecule has 7 heteroatoms. The number of hydrogen-bond acceptors (Lipinski definition) is 4. The van der Waals surface area contributed by atoms with E-state index in [0.717, 1.165) is 10.2 Å². The first-order chi connectivity index (χ1) is 10.1. The Labute approximate surface area is 145 Å². The number of nitrogens with two attached hydrogens (primary N) is 1. The molecule has 0 spiro atoms. The minimum atomic E-state index is -0.531. The minimum absolute atomic E-state index is 0.138. The Kier molecular flexibility index (Phi) is 6.97. The number of ether oxygens (including phenoxy) is 1. The van der Waals surface area contributed by atoms with Crippen molar-refractivity contribution in [3.05, 3.63) is 27.7 Å². The smallest absolute Gasteiger partial charge is 0.407 e. The van der Waals surface area contributed by atoms with Gasteiger partial charge in [-0.05, 0) is 61.8 Å². The molecule has 22 heavy (non-hydrogen) atoms. The van der Waals surface area contributed by atoms with Crippen LogP contribution in [0.1, 0.15) is 27.7 Å². The molecule has 4 N–H and O–H groups in total. The fourth-order valence-corrected chi connectivity index (χ4v) is 2.28. The summed E-state index contributed by atoms with van der Waals surface area (Å²) in [6.45, 7) is 7.69. The van der Waals surface area contributed by atoms with Gasteiger partial charge in [-0.25, -0.2) is 4.79 Å². The molecule has 2 atom stereocenters. The summed E-state index contributed by atoms with van der Waals surface area (Å²) in [5.41, 5.74) is 6.13. The second-order valence-electron chi connectivity index (χ2n) is 6.05. The zero-order valence-electron chi connectivity index (χ0n) is 13.2. The fourth-order valence-electron chi connectivity index (χ4n) is 1.78. The SMILES string of the molecule is CC(NC(=O)OC(C)(C)C)C(CN)Nc1ccc(Cl)c(Br)c1. The molecule has 0 bridgehead atoms. The van der Waals surface area contributed by atoms with Crippen LogP contribution in [0.4, 0.5) is 10.5 Å². The van der Waals surface area contributed by atoms with Gasteiger partial charge in [0.1, 0.15) is 5.60 Å². The van der Waals surface area contributed by atoms with Crippen LogP contribution in [0.2, 0.25) is 5.02 Å². The third-order valence-electron chi connectivity index (χ3n) is 2.87. The van der Waals surface area contributed by atoms with Gasteiger partial charge in [0.05, 0.1) is 17.1 Å². The lowest BCUT2D eigenvalue weighted by atomic mass is 10.1. The van der Waals surface area contributed by atoms with Gasteiger partial charge in [-0.15, -0.1) is 0 Å². The molecule has 1 aromatic rings. The number of hydrogen-bond donors (Lipinski definition) is 3. The van der Waals surface area contributed by atoms with Gasteiger partial charge in [0.2, 0.25) is 0 Å². The summed E-state index contributed by atoms with van der Waals surface area (Å²) in [6, 6.07) is 5.17. The zero-order chi connectivity index (χ0) is 16.9. The molecule has 1 amide bonds. The molecule has 0 aliphatic rings. The van der Waals surface area contributed by atoms with Crippen molar-refractivity contribution in [3.8, 4) is 0 Å². The summed E-state index contributed by atoms with van der Waals surface area (Å²) in [4.78, 5) is 11.8. The normalized spacial score (nSPS) is 14.1. The molecule has 2 unspecified atom stereocenters. The van der Waals surface area contributed by atoms with Crippen molar-refractivity contribution in [2.24, 2.45) is 5.73 Å². The maximum Gasteiger partial charge on any atom is 0.407 e. The van der Waals surface area contributed by atoms with Crippen molar-refractivity contribution in [3.63, 3.8) is 0 Å². The summed E-state index contributed by atoms with van der Waals surface area (Å²) in [5.74, 6) is 0. The molecule has 0 fully saturated rings. The van der Waals surface area contributed by atoms with Gasteiger partial charge >= 0.3 is 6.09 Å². The number of rotatable bonds is 5. The Hall–Kier alpha value is -0.980. The maximum atomic E-state index is 11.8. The molecule has 124 valence electrons. The van der Waals surface area contributed by atoms with E-state index in [2.05, 4.69) is 26.6 Å². The quantitative estimate of drug-likeness (QED) is 0.713. The van der Waals surface area contributed by atoms with E-state index in [1.54, 1.807) is 6.07 Å². The number of halogens is 2. The maximum absolute atomic E-state index is 11.8. The zero-order valence-corrected chi connectivity index (χ0v) is 15.6. The van der Waals surface area contributed by atoms with Crippen molar-refractivity contribution in [1.82, 2.24) is 5.32 Å². The van der Waals surface area contributed by atoms with Crippen LogP contribution in [0.3, 0.4) is 0 Å². The average Bonchev–Trinajstić information content (AvgIpc) is 2.37. The number of nitrogens with one attached hydrogen (secondary N) is 2. The highest BCUT2D eigenvalue weighted by atomic mass is 79.9. The van der Waals surface area contributed by atoms with Crippen molar-refractivity contribution in [2.45, 2.75) is 45.4 Å². The topological polar surface area (TPSA) is 76.4 Å². The summed E-state index contributed by atoms with van der Waals surface area (Å²) < 4.78 is 6.04. The van der Waals surface area contributed by atoms with Crippen LogP contribution in [-0.2, 0) is 4.74 Å². The van der Waals surface area contributed by atoms with Crippen LogP contribution in [0.15, 0.2) is 22.7 Å². The second kappa shape index (κ2) is 8.04. The van der Waals surface area contributed by atoms with E-state index >= 15 is 0 Å². The van der Waals surface area contributed by atoms with E-state index in [0.29, 0.717) is 11.6 Å². The van der Waals surface area contributed by atoms with E-state index in [9.17, 15) is 4.79 Å². The lowest BCUT2D eigenvalue weighted by molar-refractivity contribution is 0.0504. The first-order valence-corrected chi connectivity index (χ1v) is 8.20. The predicted octanol–water partition coefficient (Wildman–Crippen LogP) is 3.75. The number of amides is 1. The molecule has 0 saturated heterocycles. The van der Waals surface area contributed by atoms with E-state index in [4.69, 9.17) is 22.1 Å². The van der Waals surface area contributed by atoms with Gasteiger partial charge in [-0.3, -0.25) is 0 Å². The highest BCUT2D eigenvalue weighted by Gasteiger charge is 2.22. The second-order valence-corrected chi connectivity index (χ2v) is 7.31. The summed E-state index contributed by atoms with van der Waals surface area (Å²) >= 11 is 9.35. The number of anilines is 1. The van der Waals surface area contributed by atoms with Crippen LogP contribution in [0, 0.1) is 0 Å². The lowest BCUT2D eigenvalue weighted by Gasteiger charge is -2.27. The molecular weight excluding hydrogens is 370 g/mol. The molecule has 0 saturated carbocycles. The summed E-state index contributed by atoms with van der Waals surface area (Å²) in [6.07, 6.45) is -0.461. The van der Waals surface area contributed by atoms with Crippen LogP contribution >= 0.6 is 27.5 Å². The molecule has 1 rings (SSSR count). The van der Waals surface area contributed by atoms with Gasteiger partial charge in [-0.2, -0.15) is 0 Å². The number of carbonyl (C=O) groups excluding carboxylic acids is 1. The molecule has 1 aromatic carbocycles. The van der Waals surface area contributed by atoms with Gasteiger partial charge < -0.3 is 21.1 Å². The Morgan fingerprint density at radius 1 is 1.45 bits per heavy atom. The van der Waals surface area contributed by atoms with Gasteiger partial charge in [0.15, 0.2) is 0 Å². The van der Waals surface area contributed by atoms with Crippen molar-refractivity contribution in [2.75, 3.05) is 11.9 Å². The van der Waals surface area contributed by atoms with E-state index in [-0.39, 0.29) is 12.1 Å². The first-order valence-electron chi connectivity index (χ1n) is 7.03. The molecule has 0 radical (unpaired) electrons. The standard InChI is InChI=1S/C15H23BrClN3O2/c1-9(19-14(21)22-15(2,3)4)13(8-18)20-10-5-6-12(17)11(16)7-10/h5-7,9,13,20H,8,18H2,1-4H3,(H,19,21). The van der Waals surface area contributed by atoms with Crippen molar-refractivity contribution in [1.29, 1.82) is 0 Å². The van der Waals surface area contributed by atoms with Crippen molar-refractivity contribution < 1.29 is 9.53 Å². The van der Waals surface area contributed by atoms with Crippen LogP contribution in [0.25, 0.3) is 0 Å². The van der Waals surface area contributed by atoms with Crippen LogP contribution < -0.4 is 16.4 Å². The van der Waals surface area contributed by atoms with Gasteiger partial charge in [0.25, 0.3) is 0 Å². The first kappa shape index (κ1) is 19.1. The van der Waals surface area contributed by atoms with E-state index in [1.165, 1.54) is 0 Å². The predicted molar refractivity (Wildman–Crippen MR) is 94.4 cm³/mol. The van der Waals surface area contributed by atoms with E-state index in [1.807, 2.05) is 39.8 Å². The monoisotopic (exact) mass is 391 g/mol. The van der Waals surface area contributed by atoms with Gasteiger partial charge in [0, 0.05) is 16.7 Å². The largest absolute Gasteiger partial charge is 0.444 e. The Morgan fingerprint density at radius 3 is 2.59 bits per heavy atom. The van der Waals surface area contributed by atoms with Crippen molar-refractivity contribution >= 4 is 39.3 Å². The van der Waals surface area contributed by atoms with Crippen LogP contribution in [0.5, 0.6) is 0 Å². The molecule has 0 aliphatic heterocycles. The molecular formula is C15H23BrClN3O2. The summed E-state index contributed by atoms with van der Waals surface area (Å²) in [7, 11) is 0. The third kappa shape index (κ3) is 6.42. The molecule has 0 heterocycles. The average molecular weight is 393 g/mol. The highest BCUT2D eigenvalue weighted by molar-refractivity contribution is 9.10. The number of alkyl carbamates (subject to hydrolysis) is 1. The van der Waals surface area contributed by atoms with Gasteiger partial charge in [-0.1, -0.05) is 11.6 Å². The number of benzene rings is 1. The highest BCUT2D eigenvalue weighted by Crippen LogP contribution is 2.26. The van der Waals surface area contributed by atoms with Crippen LogP contribution in [-0.4, -0.2) is 30.3 Å².